The van der Waals surface area contributed by atoms with Crippen LogP contribution in [0.1, 0.15) is 93.9 Å². The number of ether oxygens (including phenoxy) is 5. The number of piperidine rings is 1. The molecule has 0 aromatic rings. The van der Waals surface area contributed by atoms with Crippen LogP contribution in [0.15, 0.2) is 0 Å². The Labute approximate surface area is 299 Å². The molecule has 13 nitrogen and oxygen atoms in total. The molecule has 288 valence electrons. The first-order valence-electron chi connectivity index (χ1n) is 18.9. The summed E-state index contributed by atoms with van der Waals surface area (Å²) in [6, 6.07) is -0.851. The van der Waals surface area contributed by atoms with Gasteiger partial charge in [-0.3, -0.25) is 14.5 Å². The third-order valence-corrected chi connectivity index (χ3v) is 12.2. The standard InChI is InChI=1S/C37H66N4O9/c1-12-28-37(8)31(39-35(45)50-37)24(5)38-20-21(2)19-36(7,46-11)32(22(3)29(42)23(4)33(44)48-28)49-34-30(43)26(40(9)10)18-27(47-34)25(6)41-16-14-13-15-17-41/h21-28,30-32,34,38,43H,12-20H2,1-11H3,(H,39,45)/t21-,22+,23?,24-,25-,26?,27+,28-,30-,31-,32-,34+,36-,37-/m1/s1. The molecule has 0 saturated carbocycles. The van der Waals surface area contributed by atoms with E-state index in [1.165, 1.54) is 6.42 Å². The summed E-state index contributed by atoms with van der Waals surface area (Å²) in [7, 11) is 5.50. The molecule has 4 aliphatic heterocycles. The third-order valence-electron chi connectivity index (χ3n) is 12.2. The number of likely N-dealkylation sites (N-methyl/N-ethyl adjacent to an activating group) is 1. The summed E-state index contributed by atoms with van der Waals surface area (Å²) in [6.45, 7) is 17.7. The van der Waals surface area contributed by atoms with Gasteiger partial charge in [-0.25, -0.2) is 4.79 Å². The van der Waals surface area contributed by atoms with E-state index in [1.807, 2.05) is 39.8 Å². The van der Waals surface area contributed by atoms with Crippen LogP contribution < -0.4 is 10.6 Å². The van der Waals surface area contributed by atoms with Crippen molar-refractivity contribution < 1.29 is 43.2 Å². The van der Waals surface area contributed by atoms with Crippen LogP contribution in [-0.4, -0.2) is 140 Å². The summed E-state index contributed by atoms with van der Waals surface area (Å²) in [5.74, 6) is -3.02. The summed E-state index contributed by atoms with van der Waals surface area (Å²) in [5, 5.41) is 18.2. The van der Waals surface area contributed by atoms with E-state index in [9.17, 15) is 19.5 Å². The van der Waals surface area contributed by atoms with E-state index in [0.29, 0.717) is 25.8 Å². The topological polar surface area (TPSA) is 148 Å². The molecule has 4 rings (SSSR count). The number of likely N-dealkylation sites (tertiary alicyclic amines) is 1. The van der Waals surface area contributed by atoms with Crippen molar-refractivity contribution in [2.75, 3.05) is 40.8 Å². The van der Waals surface area contributed by atoms with E-state index in [1.54, 1.807) is 27.9 Å². The van der Waals surface area contributed by atoms with E-state index in [4.69, 9.17) is 23.7 Å². The molecule has 0 spiro atoms. The van der Waals surface area contributed by atoms with Gasteiger partial charge < -0.3 is 44.3 Å². The van der Waals surface area contributed by atoms with E-state index < -0.39 is 65.7 Å². The number of ketones is 1. The van der Waals surface area contributed by atoms with Crippen LogP contribution in [0.5, 0.6) is 0 Å². The number of nitrogens with zero attached hydrogens (tertiary/aromatic N) is 2. The molecule has 4 aliphatic rings. The monoisotopic (exact) mass is 710 g/mol. The minimum absolute atomic E-state index is 0.0288. The number of hydrogen-bond acceptors (Lipinski definition) is 12. The second kappa shape index (κ2) is 16.9. The number of cyclic esters (lactones) is 1. The largest absolute Gasteiger partial charge is 0.458 e. The van der Waals surface area contributed by atoms with Crippen LogP contribution in [0, 0.1) is 17.8 Å². The maximum Gasteiger partial charge on any atom is 0.408 e. The number of Topliss-reactive ketones (excluding diaryl/α,β-unsaturated/α-hetero) is 1. The lowest BCUT2D eigenvalue weighted by Gasteiger charge is -2.49. The molecule has 2 unspecified atom stereocenters. The van der Waals surface area contributed by atoms with Crippen LogP contribution in [0.25, 0.3) is 0 Å². The predicted molar refractivity (Wildman–Crippen MR) is 188 cm³/mol. The van der Waals surface area contributed by atoms with E-state index in [0.717, 1.165) is 25.9 Å². The predicted octanol–water partition coefficient (Wildman–Crippen LogP) is 3.11. The molecule has 4 saturated heterocycles. The van der Waals surface area contributed by atoms with Gasteiger partial charge in [0.05, 0.1) is 23.9 Å². The molecule has 4 heterocycles. The van der Waals surface area contributed by atoms with Crippen LogP contribution in [0.2, 0.25) is 0 Å². The number of aliphatic hydroxyl groups excluding tert-OH is 1. The molecule has 13 heteroatoms. The van der Waals surface area contributed by atoms with E-state index in [-0.39, 0.29) is 35.9 Å². The second-order valence-corrected chi connectivity index (χ2v) is 16.2. The lowest BCUT2D eigenvalue weighted by Crippen LogP contribution is -2.61. The van der Waals surface area contributed by atoms with Crippen molar-refractivity contribution in [1.29, 1.82) is 0 Å². The zero-order chi connectivity index (χ0) is 37.1. The number of amides is 1. The summed E-state index contributed by atoms with van der Waals surface area (Å²) in [4.78, 5) is 45.0. The van der Waals surface area contributed by atoms with Crippen LogP contribution >= 0.6 is 0 Å². The average molecular weight is 711 g/mol. The zero-order valence-corrected chi connectivity index (χ0v) is 32.4. The van der Waals surface area contributed by atoms with E-state index >= 15 is 0 Å². The Hall–Kier alpha value is -1.87. The van der Waals surface area contributed by atoms with Gasteiger partial charge in [0.1, 0.15) is 18.1 Å². The fourth-order valence-electron chi connectivity index (χ4n) is 8.85. The highest BCUT2D eigenvalue weighted by Crippen LogP contribution is 2.38. The molecule has 0 aromatic carbocycles. The zero-order valence-electron chi connectivity index (χ0n) is 32.4. The van der Waals surface area contributed by atoms with Gasteiger partial charge in [0, 0.05) is 31.2 Å². The van der Waals surface area contributed by atoms with Crippen molar-refractivity contribution in [3.63, 3.8) is 0 Å². The molecule has 0 aromatic heterocycles. The van der Waals surface area contributed by atoms with Crippen LogP contribution in [-0.2, 0) is 33.3 Å². The first kappa shape index (κ1) is 40.9. The Bertz CT molecular complexity index is 1170. The Morgan fingerprint density at radius 1 is 1.08 bits per heavy atom. The van der Waals surface area contributed by atoms with Gasteiger partial charge in [0.25, 0.3) is 0 Å². The summed E-state index contributed by atoms with van der Waals surface area (Å²) < 4.78 is 31.6. The second-order valence-electron chi connectivity index (χ2n) is 16.2. The van der Waals surface area contributed by atoms with Gasteiger partial charge in [-0.1, -0.05) is 27.2 Å². The number of esters is 1. The van der Waals surface area contributed by atoms with E-state index in [2.05, 4.69) is 29.4 Å². The number of aliphatic hydroxyl groups is 1. The van der Waals surface area contributed by atoms with Crippen molar-refractivity contribution >= 4 is 17.8 Å². The fraction of sp³-hybridized carbons (Fsp3) is 0.919. The maximum atomic E-state index is 14.3. The average Bonchev–Trinajstić information content (AvgIpc) is 3.41. The number of carbonyl (C=O) groups excluding carboxylic acids is 3. The van der Waals surface area contributed by atoms with Gasteiger partial charge in [-0.2, -0.15) is 0 Å². The van der Waals surface area contributed by atoms with Crippen molar-refractivity contribution in [3.05, 3.63) is 0 Å². The highest BCUT2D eigenvalue weighted by atomic mass is 16.7. The van der Waals surface area contributed by atoms with Crippen molar-refractivity contribution in [2.24, 2.45) is 17.8 Å². The Balaban J connectivity index is 1.69. The minimum atomic E-state index is -1.16. The molecule has 4 fully saturated rings. The Morgan fingerprint density at radius 2 is 1.74 bits per heavy atom. The van der Waals surface area contributed by atoms with Crippen molar-refractivity contribution in [2.45, 2.75) is 160 Å². The van der Waals surface area contributed by atoms with Gasteiger partial charge in [-0.15, -0.1) is 0 Å². The third kappa shape index (κ3) is 8.66. The molecule has 1 amide bonds. The number of fused-ring (bicyclic) bond motifs is 1. The van der Waals surface area contributed by atoms with Crippen LogP contribution in [0.3, 0.4) is 0 Å². The Morgan fingerprint density at radius 3 is 2.34 bits per heavy atom. The van der Waals surface area contributed by atoms with Crippen molar-refractivity contribution in [3.8, 4) is 0 Å². The first-order chi connectivity index (χ1) is 23.5. The molecular weight excluding hydrogens is 644 g/mol. The van der Waals surface area contributed by atoms with Gasteiger partial charge in [0.2, 0.25) is 0 Å². The maximum absolute atomic E-state index is 14.3. The fourth-order valence-corrected chi connectivity index (χ4v) is 8.85. The first-order valence-corrected chi connectivity index (χ1v) is 18.9. The quantitative estimate of drug-likeness (QED) is 0.264. The smallest absolute Gasteiger partial charge is 0.408 e. The minimum Gasteiger partial charge on any atom is -0.458 e. The van der Waals surface area contributed by atoms with Crippen molar-refractivity contribution in [1.82, 2.24) is 20.4 Å². The van der Waals surface area contributed by atoms with Crippen LogP contribution in [0.4, 0.5) is 4.79 Å². The molecular formula is C37H66N4O9. The number of rotatable bonds is 7. The molecule has 0 bridgehead atoms. The number of carbonyl (C=O) groups is 3. The number of hydrogen-bond donors (Lipinski definition) is 3. The highest BCUT2D eigenvalue weighted by Gasteiger charge is 2.55. The summed E-state index contributed by atoms with van der Waals surface area (Å²) >= 11 is 0. The molecule has 50 heavy (non-hydrogen) atoms. The normalized spacial score (nSPS) is 43.6. The molecule has 3 N–H and O–H groups in total. The van der Waals surface area contributed by atoms with Gasteiger partial charge in [-0.05, 0) is 106 Å². The highest BCUT2D eigenvalue weighted by molar-refractivity contribution is 6.00. The number of alkyl carbamates (subject to hydrolysis) is 1. The Kier molecular flexibility index (Phi) is 13.8. The molecule has 0 aliphatic carbocycles. The van der Waals surface area contributed by atoms with Gasteiger partial charge in [0.15, 0.2) is 17.7 Å². The summed E-state index contributed by atoms with van der Waals surface area (Å²) in [6.07, 6.45) is 0.553. The lowest BCUT2D eigenvalue weighted by molar-refractivity contribution is -0.303. The number of methoxy groups -OCH3 is 1. The number of nitrogens with one attached hydrogen (secondary N) is 2. The van der Waals surface area contributed by atoms with Gasteiger partial charge >= 0.3 is 12.1 Å². The lowest BCUT2D eigenvalue weighted by atomic mass is 9.78. The molecule has 0 radical (unpaired) electrons. The molecule has 14 atom stereocenters. The SMILES string of the molecule is CC[C@H]1OC(=O)C(C)C(=O)[C@H](C)[C@@H](O[C@@H]2O[C@H]([C@@H](C)N3CCCCC3)CC(N(C)C)[C@H]2O)[C@](C)(OC)C[C@@H](C)CN[C@H](C)[C@H]2NC(=O)O[C@@]21C. The summed E-state index contributed by atoms with van der Waals surface area (Å²) in [5.41, 5.74) is -2.17.